The van der Waals surface area contributed by atoms with Gasteiger partial charge in [0.2, 0.25) is 0 Å². The molecule has 0 saturated heterocycles. The molecule has 0 amide bonds. The lowest BCUT2D eigenvalue weighted by molar-refractivity contribution is 0.413. The van der Waals surface area contributed by atoms with Gasteiger partial charge in [-0.1, -0.05) is 24.3 Å². The minimum atomic E-state index is -0.389. The van der Waals surface area contributed by atoms with Crippen molar-refractivity contribution in [2.45, 2.75) is 0 Å². The molecule has 0 saturated carbocycles. The van der Waals surface area contributed by atoms with E-state index in [4.69, 9.17) is 4.74 Å². The van der Waals surface area contributed by atoms with Crippen LogP contribution in [0.1, 0.15) is 0 Å². The number of ether oxygens (including phenoxy) is 1. The van der Waals surface area contributed by atoms with Gasteiger partial charge in [0.05, 0.1) is 24.6 Å². The third kappa shape index (κ3) is 2.15. The highest BCUT2D eigenvalue weighted by Crippen LogP contribution is 2.32. The Hall–Kier alpha value is -3.15. The average Bonchev–Trinajstić information content (AvgIpc) is 3.15. The van der Waals surface area contributed by atoms with E-state index < -0.39 is 0 Å². The fourth-order valence-corrected chi connectivity index (χ4v) is 2.58. The second-order valence-electron chi connectivity index (χ2n) is 5.03. The van der Waals surface area contributed by atoms with E-state index in [1.165, 1.54) is 13.2 Å². The van der Waals surface area contributed by atoms with E-state index in [0.29, 0.717) is 22.8 Å². The molecule has 114 valence electrons. The molecule has 0 aliphatic heterocycles. The number of benzene rings is 2. The Morgan fingerprint density at radius 2 is 1.91 bits per heavy atom. The summed E-state index contributed by atoms with van der Waals surface area (Å²) < 4.78 is 21.2. The molecule has 2 aromatic heterocycles. The van der Waals surface area contributed by atoms with Crippen molar-refractivity contribution in [3.8, 4) is 22.8 Å². The fraction of sp³-hybridized carbons (Fsp3) is 0.0588. The first-order valence-corrected chi connectivity index (χ1v) is 7.10. The van der Waals surface area contributed by atoms with E-state index in [9.17, 15) is 4.39 Å². The summed E-state index contributed by atoms with van der Waals surface area (Å²) in [6, 6.07) is 14.3. The van der Waals surface area contributed by atoms with Crippen molar-refractivity contribution in [2.75, 3.05) is 7.11 Å². The number of hydrogen-bond acceptors (Lipinski definition) is 3. The molecule has 0 atom stereocenters. The number of halogens is 1. The Bertz CT molecular complexity index is 975. The van der Waals surface area contributed by atoms with Crippen LogP contribution < -0.4 is 4.74 Å². The molecule has 0 radical (unpaired) electrons. The van der Waals surface area contributed by atoms with Gasteiger partial charge in [0.15, 0.2) is 5.65 Å². The average molecular weight is 308 g/mol. The number of aromatic amines is 1. The quantitative estimate of drug-likeness (QED) is 0.629. The van der Waals surface area contributed by atoms with Crippen LogP contribution in [0.15, 0.2) is 54.7 Å². The van der Waals surface area contributed by atoms with Crippen molar-refractivity contribution >= 4 is 11.2 Å². The van der Waals surface area contributed by atoms with Gasteiger partial charge in [-0.2, -0.15) is 5.10 Å². The van der Waals surface area contributed by atoms with Gasteiger partial charge in [-0.3, -0.25) is 0 Å². The first kappa shape index (κ1) is 13.5. The Morgan fingerprint density at radius 3 is 2.70 bits per heavy atom. The van der Waals surface area contributed by atoms with E-state index in [2.05, 4.69) is 15.1 Å². The van der Waals surface area contributed by atoms with Crippen molar-refractivity contribution in [3.05, 3.63) is 60.5 Å². The molecule has 4 rings (SSSR count). The Morgan fingerprint density at radius 1 is 1.09 bits per heavy atom. The molecule has 0 aliphatic carbocycles. The van der Waals surface area contributed by atoms with Crippen LogP contribution in [-0.4, -0.2) is 26.9 Å². The number of nitrogens with one attached hydrogen (secondary N) is 1. The number of imidazole rings is 1. The van der Waals surface area contributed by atoms with Crippen molar-refractivity contribution < 1.29 is 9.13 Å². The molecule has 0 aliphatic rings. The molecule has 2 aromatic carbocycles. The summed E-state index contributed by atoms with van der Waals surface area (Å²) in [7, 11) is 1.51. The molecule has 5 nitrogen and oxygen atoms in total. The maximum Gasteiger partial charge on any atom is 0.181 e. The number of hydrogen-bond donors (Lipinski definition) is 1. The minimum Gasteiger partial charge on any atom is -0.496 e. The van der Waals surface area contributed by atoms with Crippen LogP contribution in [0.3, 0.4) is 0 Å². The molecule has 0 bridgehead atoms. The molecule has 6 heteroatoms. The van der Waals surface area contributed by atoms with Crippen molar-refractivity contribution in [1.82, 2.24) is 19.7 Å². The number of methoxy groups -OCH3 is 1. The van der Waals surface area contributed by atoms with Crippen LogP contribution in [0.4, 0.5) is 4.39 Å². The van der Waals surface area contributed by atoms with Gasteiger partial charge in [0.25, 0.3) is 0 Å². The Balaban J connectivity index is 1.90. The fourth-order valence-electron chi connectivity index (χ4n) is 2.58. The molecule has 2 heterocycles. The standard InChI is InChI=1S/C17H13FN4O/c1-23-14-9-5-8-12(18)15(14)16-20-13-10-19-22(17(13)21-16)11-6-3-2-4-7-11/h2-10H,1H3,(H,20,21). The van der Waals surface area contributed by atoms with E-state index in [1.807, 2.05) is 30.3 Å². The number of fused-ring (bicyclic) bond motifs is 1. The highest BCUT2D eigenvalue weighted by atomic mass is 19.1. The maximum absolute atomic E-state index is 14.2. The number of aromatic nitrogens is 4. The van der Waals surface area contributed by atoms with E-state index in [0.717, 1.165) is 11.2 Å². The largest absolute Gasteiger partial charge is 0.496 e. The molecule has 0 fully saturated rings. The minimum absolute atomic E-state index is 0.311. The summed E-state index contributed by atoms with van der Waals surface area (Å²) in [6.45, 7) is 0. The zero-order chi connectivity index (χ0) is 15.8. The lowest BCUT2D eigenvalue weighted by Crippen LogP contribution is -1.97. The molecule has 0 spiro atoms. The molecule has 0 unspecified atom stereocenters. The first-order chi connectivity index (χ1) is 11.3. The second-order valence-corrected chi connectivity index (χ2v) is 5.03. The second kappa shape index (κ2) is 5.24. The van der Waals surface area contributed by atoms with Crippen LogP contribution >= 0.6 is 0 Å². The highest BCUT2D eigenvalue weighted by molar-refractivity contribution is 5.79. The molecule has 4 aromatic rings. The summed E-state index contributed by atoms with van der Waals surface area (Å²) in [5.74, 6) is 0.456. The molecule has 1 N–H and O–H groups in total. The number of H-pyrrole nitrogens is 1. The topological polar surface area (TPSA) is 55.7 Å². The monoisotopic (exact) mass is 308 g/mol. The number of rotatable bonds is 3. The molecular weight excluding hydrogens is 295 g/mol. The smallest absolute Gasteiger partial charge is 0.181 e. The van der Waals surface area contributed by atoms with Crippen LogP contribution in [0.5, 0.6) is 5.75 Å². The van der Waals surface area contributed by atoms with Crippen LogP contribution in [0.2, 0.25) is 0 Å². The summed E-state index contributed by atoms with van der Waals surface area (Å²) in [4.78, 5) is 7.62. The molecule has 23 heavy (non-hydrogen) atoms. The number of nitrogens with zero attached hydrogens (tertiary/aromatic N) is 3. The third-order valence-electron chi connectivity index (χ3n) is 3.65. The van der Waals surface area contributed by atoms with Crippen LogP contribution in [-0.2, 0) is 0 Å². The first-order valence-electron chi connectivity index (χ1n) is 7.10. The van der Waals surface area contributed by atoms with E-state index in [-0.39, 0.29) is 5.82 Å². The Kier molecular flexibility index (Phi) is 3.08. The highest BCUT2D eigenvalue weighted by Gasteiger charge is 2.18. The predicted molar refractivity (Wildman–Crippen MR) is 85.2 cm³/mol. The van der Waals surface area contributed by atoms with Gasteiger partial charge >= 0.3 is 0 Å². The summed E-state index contributed by atoms with van der Waals surface area (Å²) in [5.41, 5.74) is 2.57. The van der Waals surface area contributed by atoms with Crippen molar-refractivity contribution in [1.29, 1.82) is 0 Å². The summed E-state index contributed by atoms with van der Waals surface area (Å²) >= 11 is 0. The van der Waals surface area contributed by atoms with Gasteiger partial charge in [-0.25, -0.2) is 14.1 Å². The van der Waals surface area contributed by atoms with Gasteiger partial charge in [0, 0.05) is 0 Å². The normalized spacial score (nSPS) is 11.0. The van der Waals surface area contributed by atoms with Crippen molar-refractivity contribution in [3.63, 3.8) is 0 Å². The lowest BCUT2D eigenvalue weighted by Gasteiger charge is -2.06. The summed E-state index contributed by atoms with van der Waals surface area (Å²) in [6.07, 6.45) is 1.67. The van der Waals surface area contributed by atoms with Crippen molar-refractivity contribution in [2.24, 2.45) is 0 Å². The maximum atomic E-state index is 14.2. The molecular formula is C17H13FN4O. The van der Waals surface area contributed by atoms with Gasteiger partial charge in [-0.05, 0) is 24.3 Å². The van der Waals surface area contributed by atoms with E-state index >= 15 is 0 Å². The van der Waals surface area contributed by atoms with Gasteiger partial charge in [0.1, 0.15) is 22.9 Å². The predicted octanol–water partition coefficient (Wildman–Crippen LogP) is 3.56. The summed E-state index contributed by atoms with van der Waals surface area (Å²) in [5, 5.41) is 4.32. The van der Waals surface area contributed by atoms with Gasteiger partial charge in [-0.15, -0.1) is 0 Å². The lowest BCUT2D eigenvalue weighted by atomic mass is 10.2. The zero-order valence-electron chi connectivity index (χ0n) is 12.3. The van der Waals surface area contributed by atoms with Gasteiger partial charge < -0.3 is 9.72 Å². The third-order valence-corrected chi connectivity index (χ3v) is 3.65. The van der Waals surface area contributed by atoms with E-state index in [1.54, 1.807) is 23.0 Å². The Labute approximate surface area is 131 Å². The SMILES string of the molecule is COc1cccc(F)c1-c1nc2c(cnn2-c2ccccc2)[nH]1. The zero-order valence-corrected chi connectivity index (χ0v) is 12.3. The van der Waals surface area contributed by atoms with Crippen LogP contribution in [0.25, 0.3) is 28.2 Å². The van der Waals surface area contributed by atoms with Crippen LogP contribution in [0, 0.1) is 5.82 Å². The number of para-hydroxylation sites is 1.